The number of ether oxygens (including phenoxy) is 1. The highest BCUT2D eigenvalue weighted by Gasteiger charge is 2.09. The van der Waals surface area contributed by atoms with Crippen LogP contribution >= 0.6 is 11.3 Å². The normalized spacial score (nSPS) is 10.3. The number of hydrogen-bond donors (Lipinski definition) is 1. The highest BCUT2D eigenvalue weighted by atomic mass is 32.1. The van der Waals surface area contributed by atoms with Crippen molar-refractivity contribution in [3.8, 4) is 0 Å². The number of hydrogen-bond acceptors (Lipinski definition) is 4. The van der Waals surface area contributed by atoms with Gasteiger partial charge in [0.2, 0.25) is 0 Å². The van der Waals surface area contributed by atoms with E-state index in [-0.39, 0.29) is 17.9 Å². The van der Waals surface area contributed by atoms with Gasteiger partial charge in [-0.25, -0.2) is 9.18 Å². The van der Waals surface area contributed by atoms with Gasteiger partial charge in [-0.3, -0.25) is 0 Å². The molecular weight excluding hydrogens is 253 g/mol. The van der Waals surface area contributed by atoms with Gasteiger partial charge in [-0.2, -0.15) is 11.3 Å². The van der Waals surface area contributed by atoms with Gasteiger partial charge in [0.1, 0.15) is 5.82 Å². The summed E-state index contributed by atoms with van der Waals surface area (Å²) in [7, 11) is 0. The molecule has 2 rings (SSSR count). The number of thiophene rings is 1. The van der Waals surface area contributed by atoms with Gasteiger partial charge in [0.15, 0.2) is 0 Å². The molecule has 3 nitrogen and oxygen atoms in total. The Morgan fingerprint density at radius 3 is 2.89 bits per heavy atom. The molecule has 0 aliphatic carbocycles. The Morgan fingerprint density at radius 1 is 1.39 bits per heavy atom. The lowest BCUT2D eigenvalue weighted by atomic mass is 10.2. The van der Waals surface area contributed by atoms with Crippen molar-refractivity contribution in [2.75, 3.05) is 12.3 Å². The van der Waals surface area contributed by atoms with Crippen LogP contribution in [-0.4, -0.2) is 12.6 Å². The summed E-state index contributed by atoms with van der Waals surface area (Å²) in [6.07, 6.45) is 0.659. The molecule has 5 heteroatoms. The van der Waals surface area contributed by atoms with Crippen LogP contribution in [0.5, 0.6) is 0 Å². The van der Waals surface area contributed by atoms with Crippen LogP contribution in [0, 0.1) is 5.82 Å². The zero-order chi connectivity index (χ0) is 13.0. The molecule has 0 aliphatic heterocycles. The second-order valence-corrected chi connectivity index (χ2v) is 4.53. The number of rotatable bonds is 4. The summed E-state index contributed by atoms with van der Waals surface area (Å²) >= 11 is 1.59. The summed E-state index contributed by atoms with van der Waals surface area (Å²) in [5.74, 6) is -1.15. The van der Waals surface area contributed by atoms with Gasteiger partial charge >= 0.3 is 5.97 Å². The topological polar surface area (TPSA) is 52.3 Å². The molecule has 1 heterocycles. The van der Waals surface area contributed by atoms with E-state index in [1.54, 1.807) is 11.3 Å². The third kappa shape index (κ3) is 3.07. The number of carbonyl (C=O) groups excluding carboxylic acids is 1. The SMILES string of the molecule is Nc1ccc(C(=O)OCCc2ccsc2)cc1F. The maximum atomic E-state index is 13.2. The molecular formula is C13H12FNO2S. The van der Waals surface area contributed by atoms with Crippen LogP contribution in [0.25, 0.3) is 0 Å². The minimum absolute atomic E-state index is 0.0184. The predicted octanol–water partition coefficient (Wildman–Crippen LogP) is 2.87. The first kappa shape index (κ1) is 12.6. The number of nitrogen functional groups attached to an aromatic ring is 1. The largest absolute Gasteiger partial charge is 0.462 e. The first-order chi connectivity index (χ1) is 8.66. The Labute approximate surface area is 108 Å². The molecule has 0 aliphatic rings. The minimum Gasteiger partial charge on any atom is -0.462 e. The third-order valence-electron chi connectivity index (χ3n) is 2.44. The second-order valence-electron chi connectivity index (χ2n) is 3.75. The Bertz CT molecular complexity index is 540. The van der Waals surface area contributed by atoms with Gasteiger partial charge in [-0.15, -0.1) is 0 Å². The molecule has 1 aromatic carbocycles. The fourth-order valence-corrected chi connectivity index (χ4v) is 2.14. The van der Waals surface area contributed by atoms with Crippen molar-refractivity contribution in [1.29, 1.82) is 0 Å². The van der Waals surface area contributed by atoms with Crippen molar-refractivity contribution >= 4 is 23.0 Å². The molecule has 0 radical (unpaired) electrons. The number of anilines is 1. The lowest BCUT2D eigenvalue weighted by Gasteiger charge is -2.05. The number of nitrogens with two attached hydrogens (primary N) is 1. The van der Waals surface area contributed by atoms with Crippen molar-refractivity contribution in [3.63, 3.8) is 0 Å². The lowest BCUT2D eigenvalue weighted by molar-refractivity contribution is 0.0509. The van der Waals surface area contributed by atoms with E-state index in [2.05, 4.69) is 0 Å². The molecule has 0 spiro atoms. The van der Waals surface area contributed by atoms with Gasteiger partial charge < -0.3 is 10.5 Å². The highest BCUT2D eigenvalue weighted by Crippen LogP contribution is 2.13. The lowest BCUT2D eigenvalue weighted by Crippen LogP contribution is -2.08. The summed E-state index contributed by atoms with van der Waals surface area (Å²) in [4.78, 5) is 11.6. The predicted molar refractivity (Wildman–Crippen MR) is 69.1 cm³/mol. The van der Waals surface area contributed by atoms with Gasteiger partial charge in [0.05, 0.1) is 17.9 Å². The van der Waals surface area contributed by atoms with Crippen molar-refractivity contribution in [3.05, 3.63) is 52.0 Å². The first-order valence-electron chi connectivity index (χ1n) is 5.40. The fourth-order valence-electron chi connectivity index (χ4n) is 1.43. The van der Waals surface area contributed by atoms with Crippen molar-refractivity contribution in [1.82, 2.24) is 0 Å². The maximum absolute atomic E-state index is 13.2. The van der Waals surface area contributed by atoms with Gasteiger partial charge in [0, 0.05) is 6.42 Å². The Hall–Kier alpha value is -1.88. The summed E-state index contributed by atoms with van der Waals surface area (Å²) in [5.41, 5.74) is 6.64. The fraction of sp³-hybridized carbons (Fsp3) is 0.154. The zero-order valence-corrected chi connectivity index (χ0v) is 10.4. The summed E-state index contributed by atoms with van der Waals surface area (Å²) < 4.78 is 18.2. The smallest absolute Gasteiger partial charge is 0.338 e. The van der Waals surface area contributed by atoms with E-state index in [1.165, 1.54) is 12.1 Å². The molecule has 2 aromatic rings. The van der Waals surface area contributed by atoms with E-state index in [4.69, 9.17) is 10.5 Å². The molecule has 0 saturated carbocycles. The van der Waals surface area contributed by atoms with Crippen molar-refractivity contribution < 1.29 is 13.9 Å². The molecule has 1 aromatic heterocycles. The molecule has 0 saturated heterocycles. The van der Waals surface area contributed by atoms with Crippen LogP contribution in [0.2, 0.25) is 0 Å². The molecule has 0 unspecified atom stereocenters. The molecule has 0 bridgehead atoms. The maximum Gasteiger partial charge on any atom is 0.338 e. The van der Waals surface area contributed by atoms with Crippen LogP contribution in [0.4, 0.5) is 10.1 Å². The molecule has 0 atom stereocenters. The average Bonchev–Trinajstić information content (AvgIpc) is 2.85. The summed E-state index contributed by atoms with van der Waals surface area (Å²) in [6, 6.07) is 5.86. The average molecular weight is 265 g/mol. The standard InChI is InChI=1S/C13H12FNO2S/c14-11-7-10(1-2-12(11)15)13(16)17-5-3-9-4-6-18-8-9/h1-2,4,6-8H,3,5,15H2. The molecule has 0 fully saturated rings. The highest BCUT2D eigenvalue weighted by molar-refractivity contribution is 7.07. The van der Waals surface area contributed by atoms with Gasteiger partial charge in [-0.1, -0.05) is 0 Å². The first-order valence-corrected chi connectivity index (χ1v) is 6.34. The van der Waals surface area contributed by atoms with E-state index in [0.29, 0.717) is 6.42 Å². The van der Waals surface area contributed by atoms with Crippen molar-refractivity contribution in [2.45, 2.75) is 6.42 Å². The minimum atomic E-state index is -0.609. The third-order valence-corrected chi connectivity index (χ3v) is 3.17. The molecule has 94 valence electrons. The van der Waals surface area contributed by atoms with Crippen LogP contribution in [0.15, 0.2) is 35.0 Å². The van der Waals surface area contributed by atoms with Crippen LogP contribution in [0.1, 0.15) is 15.9 Å². The Kier molecular flexibility index (Phi) is 3.94. The van der Waals surface area contributed by atoms with Crippen molar-refractivity contribution in [2.24, 2.45) is 0 Å². The zero-order valence-electron chi connectivity index (χ0n) is 9.56. The van der Waals surface area contributed by atoms with E-state index in [1.807, 2.05) is 16.8 Å². The summed E-state index contributed by atoms with van der Waals surface area (Å²) in [6.45, 7) is 0.279. The van der Waals surface area contributed by atoms with E-state index >= 15 is 0 Å². The van der Waals surface area contributed by atoms with Crippen LogP contribution in [-0.2, 0) is 11.2 Å². The monoisotopic (exact) mass is 265 g/mol. The second kappa shape index (κ2) is 5.64. The quantitative estimate of drug-likeness (QED) is 0.683. The Balaban J connectivity index is 1.89. The van der Waals surface area contributed by atoms with E-state index < -0.39 is 11.8 Å². The number of carbonyl (C=O) groups is 1. The number of benzene rings is 1. The van der Waals surface area contributed by atoms with Crippen LogP contribution < -0.4 is 5.73 Å². The van der Waals surface area contributed by atoms with E-state index in [9.17, 15) is 9.18 Å². The number of esters is 1. The van der Waals surface area contributed by atoms with Crippen LogP contribution in [0.3, 0.4) is 0 Å². The van der Waals surface area contributed by atoms with Gasteiger partial charge in [0.25, 0.3) is 0 Å². The molecule has 0 amide bonds. The number of halogens is 1. The molecule has 2 N–H and O–H groups in total. The van der Waals surface area contributed by atoms with E-state index in [0.717, 1.165) is 11.6 Å². The summed E-state index contributed by atoms with van der Waals surface area (Å²) in [5, 5.41) is 3.96. The molecule has 18 heavy (non-hydrogen) atoms. The van der Waals surface area contributed by atoms with Gasteiger partial charge in [-0.05, 0) is 40.6 Å². The Morgan fingerprint density at radius 2 is 2.22 bits per heavy atom.